The molecule has 2 heteroatoms. The van der Waals surface area contributed by atoms with E-state index in [1.807, 2.05) is 19.3 Å². The minimum atomic E-state index is 0.458. The van der Waals surface area contributed by atoms with Crippen LogP contribution in [0.25, 0.3) is 0 Å². The summed E-state index contributed by atoms with van der Waals surface area (Å²) in [5.41, 5.74) is 0. The zero-order valence-corrected chi connectivity index (χ0v) is 4.96. The van der Waals surface area contributed by atoms with E-state index in [1.165, 1.54) is 0 Å². The molecule has 1 aliphatic rings. The third-order valence-corrected chi connectivity index (χ3v) is 1.21. The first kappa shape index (κ1) is 5.51. The first-order chi connectivity index (χ1) is 3.93. The fraction of sp³-hybridized carbons (Fsp3) is 0.500. The van der Waals surface area contributed by atoms with E-state index in [9.17, 15) is 0 Å². The number of nitrogens with one attached hydrogen (secondary N) is 1. The molecule has 0 bridgehead atoms. The van der Waals surface area contributed by atoms with Crippen LogP contribution in [0.3, 0.4) is 0 Å². The third-order valence-electron chi connectivity index (χ3n) is 1.21. The summed E-state index contributed by atoms with van der Waals surface area (Å²) in [7, 11) is 1.94. The van der Waals surface area contributed by atoms with Crippen molar-refractivity contribution in [2.24, 2.45) is 4.99 Å². The van der Waals surface area contributed by atoms with Gasteiger partial charge in [0.25, 0.3) is 0 Å². The Labute approximate surface area is 49.3 Å². The molecule has 0 aromatic heterocycles. The summed E-state index contributed by atoms with van der Waals surface area (Å²) in [4.78, 5) is 4.06. The molecule has 0 saturated heterocycles. The smallest absolute Gasteiger partial charge is 0.0578 e. The van der Waals surface area contributed by atoms with E-state index in [4.69, 9.17) is 0 Å². The Morgan fingerprint density at radius 1 is 1.75 bits per heavy atom. The first-order valence-corrected chi connectivity index (χ1v) is 2.77. The standard InChI is InChI=1S/C6H10N2/c1-7-6-3-2-4-8-5-6/h2-4,6-7H,5H2,1H3. The van der Waals surface area contributed by atoms with Crippen molar-refractivity contribution in [2.45, 2.75) is 6.04 Å². The summed E-state index contributed by atoms with van der Waals surface area (Å²) >= 11 is 0. The Hall–Kier alpha value is -0.630. The fourth-order valence-electron chi connectivity index (χ4n) is 0.667. The molecule has 1 N–H and O–H groups in total. The second kappa shape index (κ2) is 2.62. The van der Waals surface area contributed by atoms with E-state index in [1.54, 1.807) is 0 Å². The van der Waals surface area contributed by atoms with Crippen LogP contribution >= 0.6 is 0 Å². The van der Waals surface area contributed by atoms with Gasteiger partial charge in [-0.05, 0) is 13.1 Å². The molecule has 0 fully saturated rings. The molecule has 1 heterocycles. The van der Waals surface area contributed by atoms with Crippen LogP contribution in [0.15, 0.2) is 17.1 Å². The van der Waals surface area contributed by atoms with Crippen molar-refractivity contribution in [3.05, 3.63) is 12.2 Å². The van der Waals surface area contributed by atoms with Crippen LogP contribution in [0, 0.1) is 0 Å². The zero-order chi connectivity index (χ0) is 5.82. The topological polar surface area (TPSA) is 24.4 Å². The second-order valence-corrected chi connectivity index (χ2v) is 1.79. The van der Waals surface area contributed by atoms with Crippen LogP contribution in [0.5, 0.6) is 0 Å². The highest BCUT2D eigenvalue weighted by atomic mass is 14.9. The summed E-state index contributed by atoms with van der Waals surface area (Å²) in [5, 5.41) is 3.10. The van der Waals surface area contributed by atoms with E-state index < -0.39 is 0 Å². The van der Waals surface area contributed by atoms with Crippen molar-refractivity contribution in [1.82, 2.24) is 5.32 Å². The number of allylic oxidation sites excluding steroid dienone is 1. The number of likely N-dealkylation sites (N-methyl/N-ethyl adjacent to an activating group) is 1. The summed E-state index contributed by atoms with van der Waals surface area (Å²) < 4.78 is 0. The molecule has 0 amide bonds. The van der Waals surface area contributed by atoms with Gasteiger partial charge in [-0.25, -0.2) is 0 Å². The first-order valence-electron chi connectivity index (χ1n) is 2.77. The summed E-state index contributed by atoms with van der Waals surface area (Å²) in [5.74, 6) is 0. The molecule has 0 aromatic rings. The Morgan fingerprint density at radius 2 is 2.62 bits per heavy atom. The molecule has 2 nitrogen and oxygen atoms in total. The van der Waals surface area contributed by atoms with Crippen molar-refractivity contribution >= 4 is 6.21 Å². The van der Waals surface area contributed by atoms with Crippen molar-refractivity contribution in [3.63, 3.8) is 0 Å². The number of aliphatic imine (C=N–C) groups is 1. The van der Waals surface area contributed by atoms with Crippen molar-refractivity contribution in [3.8, 4) is 0 Å². The van der Waals surface area contributed by atoms with Crippen LogP contribution < -0.4 is 5.32 Å². The fourth-order valence-corrected chi connectivity index (χ4v) is 0.667. The Bertz CT molecular complexity index is 116. The molecule has 0 aliphatic carbocycles. The number of dihydropyridines is 1. The molecule has 1 rings (SSSR count). The molecule has 0 spiro atoms. The number of nitrogens with zero attached hydrogens (tertiary/aromatic N) is 1. The SMILES string of the molecule is CNC1C=CC=NC1. The molecule has 1 atom stereocenters. The van der Waals surface area contributed by atoms with E-state index >= 15 is 0 Å². The molecule has 8 heavy (non-hydrogen) atoms. The van der Waals surface area contributed by atoms with Crippen LogP contribution in [0.2, 0.25) is 0 Å². The maximum atomic E-state index is 4.06. The van der Waals surface area contributed by atoms with E-state index in [2.05, 4.69) is 16.4 Å². The molecular formula is C6H10N2. The lowest BCUT2D eigenvalue weighted by Crippen LogP contribution is -2.27. The predicted octanol–water partition coefficient (Wildman–Crippen LogP) is 0.215. The maximum absolute atomic E-state index is 4.06. The number of rotatable bonds is 1. The van der Waals surface area contributed by atoms with Gasteiger partial charge >= 0.3 is 0 Å². The van der Waals surface area contributed by atoms with Gasteiger partial charge in [-0.15, -0.1) is 0 Å². The van der Waals surface area contributed by atoms with Crippen molar-refractivity contribution in [2.75, 3.05) is 13.6 Å². The van der Waals surface area contributed by atoms with E-state index in [-0.39, 0.29) is 0 Å². The number of hydrogen-bond acceptors (Lipinski definition) is 2. The molecular weight excluding hydrogens is 100 g/mol. The quantitative estimate of drug-likeness (QED) is 0.513. The number of hydrogen-bond donors (Lipinski definition) is 1. The highest BCUT2D eigenvalue weighted by molar-refractivity contribution is 5.72. The lowest BCUT2D eigenvalue weighted by molar-refractivity contribution is 0.675. The molecule has 0 aromatic carbocycles. The third kappa shape index (κ3) is 1.17. The van der Waals surface area contributed by atoms with Gasteiger partial charge in [0.2, 0.25) is 0 Å². The van der Waals surface area contributed by atoms with Gasteiger partial charge in [0, 0.05) is 12.3 Å². The minimum absolute atomic E-state index is 0.458. The lowest BCUT2D eigenvalue weighted by Gasteiger charge is -2.09. The largest absolute Gasteiger partial charge is 0.312 e. The van der Waals surface area contributed by atoms with Gasteiger partial charge in [-0.3, -0.25) is 4.99 Å². The lowest BCUT2D eigenvalue weighted by atomic mass is 10.2. The van der Waals surface area contributed by atoms with Gasteiger partial charge in [0.05, 0.1) is 6.54 Å². The Kier molecular flexibility index (Phi) is 1.80. The van der Waals surface area contributed by atoms with Gasteiger partial charge < -0.3 is 5.32 Å². The van der Waals surface area contributed by atoms with E-state index in [0.717, 1.165) is 6.54 Å². The van der Waals surface area contributed by atoms with Gasteiger partial charge in [-0.1, -0.05) is 6.08 Å². The summed E-state index contributed by atoms with van der Waals surface area (Å²) in [6.45, 7) is 0.882. The molecule has 44 valence electrons. The summed E-state index contributed by atoms with van der Waals surface area (Å²) in [6.07, 6.45) is 5.89. The average molecular weight is 110 g/mol. The van der Waals surface area contributed by atoms with Gasteiger partial charge in [-0.2, -0.15) is 0 Å². The van der Waals surface area contributed by atoms with Crippen LogP contribution in [0.4, 0.5) is 0 Å². The summed E-state index contributed by atoms with van der Waals surface area (Å²) in [6, 6.07) is 0.458. The maximum Gasteiger partial charge on any atom is 0.0578 e. The molecule has 1 unspecified atom stereocenters. The Balaban J connectivity index is 2.40. The van der Waals surface area contributed by atoms with Gasteiger partial charge in [0.1, 0.15) is 0 Å². The Morgan fingerprint density at radius 3 is 3.00 bits per heavy atom. The molecule has 0 saturated carbocycles. The molecule has 0 radical (unpaired) electrons. The zero-order valence-electron chi connectivity index (χ0n) is 4.96. The van der Waals surface area contributed by atoms with Crippen LogP contribution in [-0.2, 0) is 0 Å². The second-order valence-electron chi connectivity index (χ2n) is 1.79. The monoisotopic (exact) mass is 110 g/mol. The predicted molar refractivity (Wildman–Crippen MR) is 35.3 cm³/mol. The highest BCUT2D eigenvalue weighted by Crippen LogP contribution is 1.90. The highest BCUT2D eigenvalue weighted by Gasteiger charge is 1.98. The minimum Gasteiger partial charge on any atom is -0.312 e. The normalized spacial score (nSPS) is 26.4. The van der Waals surface area contributed by atoms with Crippen LogP contribution in [-0.4, -0.2) is 25.8 Å². The van der Waals surface area contributed by atoms with Crippen molar-refractivity contribution < 1.29 is 0 Å². The average Bonchev–Trinajstić information content (AvgIpc) is 1.90. The van der Waals surface area contributed by atoms with Crippen molar-refractivity contribution in [1.29, 1.82) is 0 Å². The molecule has 1 aliphatic heterocycles. The van der Waals surface area contributed by atoms with Crippen LogP contribution in [0.1, 0.15) is 0 Å². The van der Waals surface area contributed by atoms with Gasteiger partial charge in [0.15, 0.2) is 0 Å². The van der Waals surface area contributed by atoms with E-state index in [0.29, 0.717) is 6.04 Å².